The van der Waals surface area contributed by atoms with Gasteiger partial charge in [-0.3, -0.25) is 4.98 Å². The van der Waals surface area contributed by atoms with Crippen molar-refractivity contribution in [2.75, 3.05) is 0 Å². The standard InChI is InChI=1S/C30H23N5/c1-21-11-13-23(14-12-21)30-28(20-35(34-30)26-8-3-2-4-9-26)27(24(18-31)19-32)17-25-16-15-22-7-5-6-10-29(22)33-25/h2-16,20,24,27H,17H2,1H3. The van der Waals surface area contributed by atoms with Crippen LogP contribution < -0.4 is 0 Å². The molecule has 0 saturated heterocycles. The third-order valence-electron chi connectivity index (χ3n) is 6.25. The van der Waals surface area contributed by atoms with Crippen molar-refractivity contribution in [3.05, 3.63) is 114 Å². The third-order valence-corrected chi connectivity index (χ3v) is 6.25. The Morgan fingerprint density at radius 1 is 0.829 bits per heavy atom. The Bertz CT molecular complexity index is 1540. The fourth-order valence-electron chi connectivity index (χ4n) is 4.37. The van der Waals surface area contributed by atoms with Gasteiger partial charge < -0.3 is 0 Å². The van der Waals surface area contributed by atoms with Gasteiger partial charge in [-0.2, -0.15) is 15.6 Å². The largest absolute Gasteiger partial charge is 0.253 e. The number of nitrogens with zero attached hydrogens (tertiary/aromatic N) is 5. The van der Waals surface area contributed by atoms with Crippen molar-refractivity contribution >= 4 is 10.9 Å². The smallest absolute Gasteiger partial charge is 0.140 e. The van der Waals surface area contributed by atoms with Crippen LogP contribution >= 0.6 is 0 Å². The SMILES string of the molecule is Cc1ccc(-c2nn(-c3ccccc3)cc2C(Cc2ccc3ccccc3n2)C(C#N)C#N)cc1. The first-order valence-electron chi connectivity index (χ1n) is 11.5. The molecule has 35 heavy (non-hydrogen) atoms. The number of nitriles is 2. The molecular weight excluding hydrogens is 430 g/mol. The summed E-state index contributed by atoms with van der Waals surface area (Å²) in [5.41, 5.74) is 6.39. The van der Waals surface area contributed by atoms with Gasteiger partial charge in [-0.05, 0) is 37.6 Å². The fourth-order valence-corrected chi connectivity index (χ4v) is 4.37. The molecule has 0 aliphatic rings. The normalized spacial score (nSPS) is 11.8. The molecule has 168 valence electrons. The van der Waals surface area contributed by atoms with E-state index in [1.54, 1.807) is 0 Å². The van der Waals surface area contributed by atoms with Crippen molar-refractivity contribution in [1.82, 2.24) is 14.8 Å². The lowest BCUT2D eigenvalue weighted by Gasteiger charge is -2.18. The molecule has 2 aromatic heterocycles. The first-order chi connectivity index (χ1) is 17.2. The van der Waals surface area contributed by atoms with Crippen LogP contribution in [0, 0.1) is 35.5 Å². The van der Waals surface area contributed by atoms with Crippen LogP contribution in [0.1, 0.15) is 22.7 Å². The molecule has 5 rings (SSSR count). The molecule has 0 aliphatic carbocycles. The summed E-state index contributed by atoms with van der Waals surface area (Å²) in [4.78, 5) is 4.82. The molecule has 0 radical (unpaired) electrons. The Morgan fingerprint density at radius 3 is 2.29 bits per heavy atom. The number of benzene rings is 3. The van der Waals surface area contributed by atoms with Gasteiger partial charge in [0.05, 0.1) is 29.0 Å². The highest BCUT2D eigenvalue weighted by Gasteiger charge is 2.29. The van der Waals surface area contributed by atoms with Crippen LogP contribution in [0.25, 0.3) is 27.8 Å². The number of hydrogen-bond donors (Lipinski definition) is 0. The van der Waals surface area contributed by atoms with Gasteiger partial charge in [0.1, 0.15) is 5.92 Å². The van der Waals surface area contributed by atoms with Gasteiger partial charge in [-0.15, -0.1) is 0 Å². The molecule has 1 atom stereocenters. The minimum atomic E-state index is -0.846. The van der Waals surface area contributed by atoms with E-state index in [1.165, 1.54) is 0 Å². The maximum atomic E-state index is 9.91. The lowest BCUT2D eigenvalue weighted by molar-refractivity contribution is 0.602. The third kappa shape index (κ3) is 4.53. The van der Waals surface area contributed by atoms with E-state index in [2.05, 4.69) is 12.1 Å². The predicted molar refractivity (Wildman–Crippen MR) is 137 cm³/mol. The summed E-state index contributed by atoms with van der Waals surface area (Å²) in [5, 5.41) is 25.8. The molecule has 2 heterocycles. The number of fused-ring (bicyclic) bond motifs is 1. The highest BCUT2D eigenvalue weighted by Crippen LogP contribution is 2.36. The summed E-state index contributed by atoms with van der Waals surface area (Å²) >= 11 is 0. The fraction of sp³-hybridized carbons (Fsp3) is 0.133. The van der Waals surface area contributed by atoms with E-state index in [-0.39, 0.29) is 0 Å². The zero-order chi connectivity index (χ0) is 24.2. The van der Waals surface area contributed by atoms with Gasteiger partial charge in [-0.1, -0.05) is 72.3 Å². The lowest BCUT2D eigenvalue weighted by Crippen LogP contribution is -2.14. The molecule has 0 saturated carbocycles. The Balaban J connectivity index is 1.65. The monoisotopic (exact) mass is 453 g/mol. The summed E-state index contributed by atoms with van der Waals surface area (Å²) in [5.74, 6) is -1.24. The van der Waals surface area contributed by atoms with Crippen LogP contribution in [0.2, 0.25) is 0 Å². The zero-order valence-electron chi connectivity index (χ0n) is 19.3. The molecule has 0 spiro atoms. The molecule has 0 fully saturated rings. The van der Waals surface area contributed by atoms with E-state index in [0.29, 0.717) is 6.42 Å². The van der Waals surface area contributed by atoms with E-state index in [9.17, 15) is 10.5 Å². The average molecular weight is 454 g/mol. The maximum Gasteiger partial charge on any atom is 0.140 e. The topological polar surface area (TPSA) is 78.3 Å². The van der Waals surface area contributed by atoms with Crippen LogP contribution in [-0.2, 0) is 6.42 Å². The second-order valence-electron chi connectivity index (χ2n) is 8.62. The Labute approximate surface area is 204 Å². The number of rotatable bonds is 6. The van der Waals surface area contributed by atoms with Gasteiger partial charge in [0.2, 0.25) is 0 Å². The first kappa shape index (κ1) is 22.1. The molecule has 1 unspecified atom stereocenters. The van der Waals surface area contributed by atoms with Crippen molar-refractivity contribution in [2.24, 2.45) is 5.92 Å². The molecule has 0 N–H and O–H groups in total. The van der Waals surface area contributed by atoms with E-state index in [4.69, 9.17) is 10.1 Å². The summed E-state index contributed by atoms with van der Waals surface area (Å²) in [6, 6.07) is 34.4. The van der Waals surface area contributed by atoms with E-state index < -0.39 is 11.8 Å². The number of para-hydroxylation sites is 2. The van der Waals surface area contributed by atoms with Crippen LogP contribution in [0.3, 0.4) is 0 Å². The molecular formula is C30H23N5. The maximum absolute atomic E-state index is 9.91. The molecule has 5 aromatic rings. The van der Waals surface area contributed by atoms with Crippen LogP contribution in [-0.4, -0.2) is 14.8 Å². The van der Waals surface area contributed by atoms with Gasteiger partial charge in [0.25, 0.3) is 0 Å². The minimum absolute atomic E-state index is 0.396. The van der Waals surface area contributed by atoms with Crippen molar-refractivity contribution in [2.45, 2.75) is 19.3 Å². The zero-order valence-corrected chi connectivity index (χ0v) is 19.3. The molecule has 0 bridgehead atoms. The number of aryl methyl sites for hydroxylation is 1. The molecule has 5 heteroatoms. The van der Waals surface area contributed by atoms with Crippen molar-refractivity contribution in [3.8, 4) is 29.1 Å². The highest BCUT2D eigenvalue weighted by atomic mass is 15.3. The van der Waals surface area contributed by atoms with E-state index in [1.807, 2.05) is 109 Å². The van der Waals surface area contributed by atoms with Crippen LogP contribution in [0.15, 0.2) is 97.2 Å². The number of pyridine rings is 1. The predicted octanol–water partition coefficient (Wildman–Crippen LogP) is 6.39. The Morgan fingerprint density at radius 2 is 1.54 bits per heavy atom. The summed E-state index contributed by atoms with van der Waals surface area (Å²) in [7, 11) is 0. The van der Waals surface area contributed by atoms with Gasteiger partial charge in [0, 0.05) is 34.3 Å². The minimum Gasteiger partial charge on any atom is -0.253 e. The van der Waals surface area contributed by atoms with Gasteiger partial charge >= 0.3 is 0 Å². The highest BCUT2D eigenvalue weighted by molar-refractivity contribution is 5.78. The summed E-state index contributed by atoms with van der Waals surface area (Å²) in [6.45, 7) is 2.04. The Kier molecular flexibility index (Phi) is 6.07. The van der Waals surface area contributed by atoms with Crippen molar-refractivity contribution < 1.29 is 0 Å². The van der Waals surface area contributed by atoms with E-state index in [0.717, 1.165) is 44.7 Å². The second-order valence-corrected chi connectivity index (χ2v) is 8.62. The quantitative estimate of drug-likeness (QED) is 0.299. The molecule has 5 nitrogen and oxygen atoms in total. The molecule has 3 aromatic carbocycles. The summed E-state index contributed by atoms with van der Waals surface area (Å²) < 4.78 is 1.83. The van der Waals surface area contributed by atoms with Crippen LogP contribution in [0.5, 0.6) is 0 Å². The van der Waals surface area contributed by atoms with Crippen molar-refractivity contribution in [3.63, 3.8) is 0 Å². The van der Waals surface area contributed by atoms with Gasteiger partial charge in [-0.25, -0.2) is 4.68 Å². The lowest BCUT2D eigenvalue weighted by atomic mass is 9.83. The van der Waals surface area contributed by atoms with Crippen molar-refractivity contribution in [1.29, 1.82) is 10.5 Å². The number of hydrogen-bond acceptors (Lipinski definition) is 4. The summed E-state index contributed by atoms with van der Waals surface area (Å²) in [6.07, 6.45) is 2.41. The molecule has 0 amide bonds. The molecule has 0 aliphatic heterocycles. The Hall–Kier alpha value is -4.74. The van der Waals surface area contributed by atoms with Crippen LogP contribution in [0.4, 0.5) is 0 Å². The second kappa shape index (κ2) is 9.63. The average Bonchev–Trinajstić information content (AvgIpc) is 3.35. The number of aromatic nitrogens is 3. The first-order valence-corrected chi connectivity index (χ1v) is 11.5. The van der Waals surface area contributed by atoms with E-state index >= 15 is 0 Å². The van der Waals surface area contributed by atoms with Gasteiger partial charge in [0.15, 0.2) is 0 Å².